The molecule has 1 fully saturated rings. The molecule has 1 heterocycles. The number of hydrogen-bond acceptors (Lipinski definition) is 3. The SMILES string of the molecule is CNCC[C@H](c1ccccc1)N1[CH]N(C2CC2)c2ccccc21. The molecule has 119 valence electrons. The number of nitrogens with zero attached hydrogens (tertiary/aromatic N) is 2. The zero-order chi connectivity index (χ0) is 15.6. The number of nitrogens with one attached hydrogen (secondary N) is 1. The molecule has 1 saturated carbocycles. The second-order valence-corrected chi connectivity index (χ2v) is 6.47. The summed E-state index contributed by atoms with van der Waals surface area (Å²) in [6.07, 6.45) is 3.71. The molecule has 0 unspecified atom stereocenters. The van der Waals surface area contributed by atoms with Crippen molar-refractivity contribution >= 4 is 11.4 Å². The molecule has 2 aromatic rings. The molecule has 2 aromatic carbocycles. The van der Waals surface area contributed by atoms with Crippen molar-refractivity contribution in [2.45, 2.75) is 31.3 Å². The highest BCUT2D eigenvalue weighted by Crippen LogP contribution is 2.47. The van der Waals surface area contributed by atoms with Crippen LogP contribution in [0.2, 0.25) is 0 Å². The molecule has 23 heavy (non-hydrogen) atoms. The maximum Gasteiger partial charge on any atom is 0.143 e. The molecule has 2 aliphatic rings. The smallest absolute Gasteiger partial charge is 0.143 e. The van der Waals surface area contributed by atoms with Crippen molar-refractivity contribution in [2.75, 3.05) is 23.4 Å². The largest absolute Gasteiger partial charge is 0.343 e. The molecular weight excluding hydrogens is 282 g/mol. The van der Waals surface area contributed by atoms with Gasteiger partial charge in [-0.1, -0.05) is 42.5 Å². The highest BCUT2D eigenvalue weighted by atomic mass is 15.4. The highest BCUT2D eigenvalue weighted by Gasteiger charge is 2.39. The maximum absolute atomic E-state index is 3.31. The van der Waals surface area contributed by atoms with E-state index in [1.165, 1.54) is 29.8 Å². The second kappa shape index (κ2) is 6.25. The van der Waals surface area contributed by atoms with Crippen LogP contribution in [0.1, 0.15) is 30.9 Å². The standard InChI is InChI=1S/C20H24N3/c1-21-14-13-18(16-7-3-2-4-8-16)23-15-22(17-11-12-17)19-9-5-6-10-20(19)23/h2-10,15,17-18,21H,11-14H2,1H3/t18-/m1/s1. The van der Waals surface area contributed by atoms with Gasteiger partial charge in [0.05, 0.1) is 17.4 Å². The van der Waals surface area contributed by atoms with E-state index < -0.39 is 0 Å². The Morgan fingerprint density at radius 2 is 1.70 bits per heavy atom. The monoisotopic (exact) mass is 306 g/mol. The van der Waals surface area contributed by atoms with Crippen molar-refractivity contribution in [1.29, 1.82) is 0 Å². The van der Waals surface area contributed by atoms with Gasteiger partial charge in [-0.2, -0.15) is 0 Å². The molecular formula is C20H24N3. The molecule has 1 radical (unpaired) electrons. The third kappa shape index (κ3) is 2.81. The first kappa shape index (κ1) is 14.6. The van der Waals surface area contributed by atoms with E-state index in [2.05, 4.69) is 76.4 Å². The molecule has 4 rings (SSSR count). The predicted molar refractivity (Wildman–Crippen MR) is 96.4 cm³/mol. The van der Waals surface area contributed by atoms with Crippen molar-refractivity contribution in [3.63, 3.8) is 0 Å². The normalized spacial score (nSPS) is 18.1. The maximum atomic E-state index is 3.31. The summed E-state index contributed by atoms with van der Waals surface area (Å²) >= 11 is 0. The van der Waals surface area contributed by atoms with E-state index in [0.717, 1.165) is 13.0 Å². The molecule has 1 N–H and O–H groups in total. The third-order valence-electron chi connectivity index (χ3n) is 4.82. The molecule has 0 saturated heterocycles. The number of hydrogen-bond donors (Lipinski definition) is 1. The first-order valence-corrected chi connectivity index (χ1v) is 8.59. The molecule has 1 atom stereocenters. The zero-order valence-corrected chi connectivity index (χ0v) is 13.7. The van der Waals surface area contributed by atoms with Gasteiger partial charge in [0, 0.05) is 6.04 Å². The lowest BCUT2D eigenvalue weighted by molar-refractivity contribution is 0.585. The lowest BCUT2D eigenvalue weighted by Crippen LogP contribution is -2.31. The van der Waals surface area contributed by atoms with E-state index in [1.54, 1.807) is 0 Å². The Bertz CT molecular complexity index is 651. The summed E-state index contributed by atoms with van der Waals surface area (Å²) in [7, 11) is 2.03. The summed E-state index contributed by atoms with van der Waals surface area (Å²) < 4.78 is 0. The number of rotatable bonds is 6. The molecule has 3 heteroatoms. The van der Waals surface area contributed by atoms with Gasteiger partial charge in [-0.25, -0.2) is 0 Å². The van der Waals surface area contributed by atoms with Gasteiger partial charge < -0.3 is 15.1 Å². The summed E-state index contributed by atoms with van der Waals surface area (Å²) in [6.45, 7) is 3.35. The van der Waals surface area contributed by atoms with E-state index in [0.29, 0.717) is 12.1 Å². The van der Waals surface area contributed by atoms with Crippen LogP contribution in [0.4, 0.5) is 11.4 Å². The van der Waals surface area contributed by atoms with E-state index in [-0.39, 0.29) is 0 Å². The van der Waals surface area contributed by atoms with Gasteiger partial charge in [0.2, 0.25) is 0 Å². The predicted octanol–water partition coefficient (Wildman–Crippen LogP) is 3.95. The summed E-state index contributed by atoms with van der Waals surface area (Å²) in [6, 6.07) is 20.7. The molecule has 0 bridgehead atoms. The van der Waals surface area contributed by atoms with Crippen LogP contribution in [0.5, 0.6) is 0 Å². The van der Waals surface area contributed by atoms with Crippen LogP contribution in [-0.2, 0) is 0 Å². The van der Waals surface area contributed by atoms with Gasteiger partial charge in [-0.05, 0) is 50.6 Å². The van der Waals surface area contributed by atoms with E-state index in [4.69, 9.17) is 0 Å². The fourth-order valence-corrected chi connectivity index (χ4v) is 3.47. The van der Waals surface area contributed by atoms with Crippen LogP contribution >= 0.6 is 0 Å². The van der Waals surface area contributed by atoms with Crippen molar-refractivity contribution in [3.05, 3.63) is 66.8 Å². The van der Waals surface area contributed by atoms with Crippen LogP contribution in [-0.4, -0.2) is 19.6 Å². The Hall–Kier alpha value is -2.00. The fraction of sp³-hybridized carbons (Fsp3) is 0.350. The number of fused-ring (bicyclic) bond motifs is 1. The molecule has 0 aromatic heterocycles. The van der Waals surface area contributed by atoms with Gasteiger partial charge >= 0.3 is 0 Å². The average molecular weight is 306 g/mol. The molecule has 0 spiro atoms. The average Bonchev–Trinajstić information content (AvgIpc) is 3.38. The Labute approximate surface area is 138 Å². The Balaban J connectivity index is 1.68. The zero-order valence-electron chi connectivity index (χ0n) is 13.7. The van der Waals surface area contributed by atoms with E-state index in [1.807, 2.05) is 7.05 Å². The van der Waals surface area contributed by atoms with Crippen LogP contribution in [0, 0.1) is 6.67 Å². The van der Waals surface area contributed by atoms with Crippen LogP contribution in [0.15, 0.2) is 54.6 Å². The van der Waals surface area contributed by atoms with E-state index in [9.17, 15) is 0 Å². The van der Waals surface area contributed by atoms with E-state index >= 15 is 0 Å². The Kier molecular flexibility index (Phi) is 3.96. The Morgan fingerprint density at radius 3 is 2.39 bits per heavy atom. The first-order valence-electron chi connectivity index (χ1n) is 8.59. The van der Waals surface area contributed by atoms with Crippen LogP contribution in [0.3, 0.4) is 0 Å². The minimum Gasteiger partial charge on any atom is -0.343 e. The van der Waals surface area contributed by atoms with Crippen LogP contribution < -0.4 is 15.1 Å². The minimum absolute atomic E-state index is 0.369. The third-order valence-corrected chi connectivity index (χ3v) is 4.82. The topological polar surface area (TPSA) is 18.5 Å². The Morgan fingerprint density at radius 1 is 1.00 bits per heavy atom. The van der Waals surface area contributed by atoms with Crippen molar-refractivity contribution in [1.82, 2.24) is 5.32 Å². The first-order chi connectivity index (χ1) is 11.4. The van der Waals surface area contributed by atoms with Gasteiger partial charge in [0.25, 0.3) is 0 Å². The quantitative estimate of drug-likeness (QED) is 0.872. The lowest BCUT2D eigenvalue weighted by atomic mass is 10.0. The van der Waals surface area contributed by atoms with Gasteiger partial charge in [0.1, 0.15) is 6.67 Å². The molecule has 1 aliphatic heterocycles. The van der Waals surface area contributed by atoms with Gasteiger partial charge in [-0.15, -0.1) is 0 Å². The highest BCUT2D eigenvalue weighted by molar-refractivity contribution is 5.80. The summed E-state index contributed by atoms with van der Waals surface area (Å²) in [5.41, 5.74) is 4.08. The van der Waals surface area contributed by atoms with Crippen LogP contribution in [0.25, 0.3) is 0 Å². The minimum atomic E-state index is 0.369. The van der Waals surface area contributed by atoms with Gasteiger partial charge in [0.15, 0.2) is 0 Å². The number of para-hydroxylation sites is 2. The van der Waals surface area contributed by atoms with Crippen molar-refractivity contribution < 1.29 is 0 Å². The summed E-state index contributed by atoms with van der Waals surface area (Å²) in [5, 5.41) is 3.31. The van der Waals surface area contributed by atoms with Crippen molar-refractivity contribution in [3.8, 4) is 0 Å². The van der Waals surface area contributed by atoms with Crippen molar-refractivity contribution in [2.24, 2.45) is 0 Å². The fourth-order valence-electron chi connectivity index (χ4n) is 3.47. The number of anilines is 2. The second-order valence-electron chi connectivity index (χ2n) is 6.47. The molecule has 0 amide bonds. The van der Waals surface area contributed by atoms with Gasteiger partial charge in [-0.3, -0.25) is 0 Å². The molecule has 3 nitrogen and oxygen atoms in total. The number of benzene rings is 2. The summed E-state index contributed by atoms with van der Waals surface area (Å²) in [4.78, 5) is 4.95. The summed E-state index contributed by atoms with van der Waals surface area (Å²) in [5.74, 6) is 0. The lowest BCUT2D eigenvalue weighted by Gasteiger charge is -2.30. The molecule has 1 aliphatic carbocycles.